The lowest BCUT2D eigenvalue weighted by Crippen LogP contribution is -2.59. The minimum absolute atomic E-state index is 0.0367. The third-order valence-electron chi connectivity index (χ3n) is 5.69. The molecule has 2 amide bonds. The standard InChI is InChI=1S/C22H32N6O3/c1-13(15-7-5-6-10-23-15)24-16-11-17-27(12-22(2,3)4)20(30)18(21(31)28(17)26-16)19(29)25-14-8-9-14/h5-7,10,13-14,16-17,24,26,30H,8-9,11-12H2,1-4H3,(H,25,29)/t13-,16?,17?/m1/s1. The second-order valence-electron chi connectivity index (χ2n) is 9.85. The molecule has 0 aromatic carbocycles. The molecule has 9 nitrogen and oxygen atoms in total. The number of aliphatic hydroxyl groups excluding tert-OH is 1. The predicted molar refractivity (Wildman–Crippen MR) is 115 cm³/mol. The van der Waals surface area contributed by atoms with Crippen molar-refractivity contribution in [3.8, 4) is 0 Å². The average molecular weight is 429 g/mol. The number of amides is 2. The summed E-state index contributed by atoms with van der Waals surface area (Å²) in [5.74, 6) is -1.25. The van der Waals surface area contributed by atoms with Crippen LogP contribution in [0.2, 0.25) is 0 Å². The van der Waals surface area contributed by atoms with Gasteiger partial charge in [0, 0.05) is 31.2 Å². The third kappa shape index (κ3) is 4.67. The quantitative estimate of drug-likeness (QED) is 0.509. The van der Waals surface area contributed by atoms with Crippen LogP contribution in [-0.2, 0) is 9.59 Å². The topological polar surface area (TPSA) is 110 Å². The van der Waals surface area contributed by atoms with Crippen LogP contribution in [0.4, 0.5) is 0 Å². The maximum atomic E-state index is 13.2. The molecule has 9 heteroatoms. The zero-order valence-electron chi connectivity index (χ0n) is 18.6. The number of hydrogen-bond acceptors (Lipinski definition) is 7. The van der Waals surface area contributed by atoms with Crippen molar-refractivity contribution >= 4 is 11.8 Å². The summed E-state index contributed by atoms with van der Waals surface area (Å²) in [6.07, 6.45) is 3.51. The van der Waals surface area contributed by atoms with Crippen molar-refractivity contribution in [3.05, 3.63) is 41.5 Å². The Hall–Kier alpha value is -2.65. The van der Waals surface area contributed by atoms with E-state index in [1.165, 1.54) is 5.01 Å². The number of nitrogens with zero attached hydrogens (tertiary/aromatic N) is 3. The highest BCUT2D eigenvalue weighted by atomic mass is 16.3. The maximum absolute atomic E-state index is 13.2. The molecule has 4 N–H and O–H groups in total. The lowest BCUT2D eigenvalue weighted by Gasteiger charge is -2.42. The number of nitrogens with one attached hydrogen (secondary N) is 3. The monoisotopic (exact) mass is 428 g/mol. The van der Waals surface area contributed by atoms with Gasteiger partial charge in [0.2, 0.25) is 5.88 Å². The summed E-state index contributed by atoms with van der Waals surface area (Å²) in [6.45, 7) is 8.70. The summed E-state index contributed by atoms with van der Waals surface area (Å²) < 4.78 is 0. The highest BCUT2D eigenvalue weighted by Gasteiger charge is 2.49. The van der Waals surface area contributed by atoms with E-state index in [1.807, 2.05) is 25.1 Å². The van der Waals surface area contributed by atoms with E-state index in [9.17, 15) is 14.7 Å². The molecule has 2 unspecified atom stereocenters. The van der Waals surface area contributed by atoms with Gasteiger partial charge in [0.25, 0.3) is 11.8 Å². The first kappa shape index (κ1) is 21.6. The molecule has 1 saturated carbocycles. The number of rotatable bonds is 6. The zero-order valence-corrected chi connectivity index (χ0v) is 18.6. The van der Waals surface area contributed by atoms with E-state index in [-0.39, 0.29) is 35.1 Å². The summed E-state index contributed by atoms with van der Waals surface area (Å²) in [5, 5.41) is 18.8. The van der Waals surface area contributed by atoms with Crippen LogP contribution in [0.5, 0.6) is 0 Å². The second-order valence-corrected chi connectivity index (χ2v) is 9.85. The Morgan fingerprint density at radius 2 is 2.10 bits per heavy atom. The van der Waals surface area contributed by atoms with E-state index in [1.54, 1.807) is 11.1 Å². The van der Waals surface area contributed by atoms with Gasteiger partial charge in [-0.15, -0.1) is 0 Å². The lowest BCUT2D eigenvalue weighted by atomic mass is 9.94. The molecule has 0 radical (unpaired) electrons. The van der Waals surface area contributed by atoms with Crippen molar-refractivity contribution in [3.63, 3.8) is 0 Å². The summed E-state index contributed by atoms with van der Waals surface area (Å²) in [4.78, 5) is 32.1. The zero-order chi connectivity index (χ0) is 22.3. The van der Waals surface area contributed by atoms with Crippen LogP contribution in [0.1, 0.15) is 58.7 Å². The molecule has 1 aromatic heterocycles. The molecule has 0 bridgehead atoms. The minimum Gasteiger partial charge on any atom is -0.494 e. The number of aromatic nitrogens is 1. The normalized spacial score (nSPS) is 25.0. The summed E-state index contributed by atoms with van der Waals surface area (Å²) in [7, 11) is 0. The van der Waals surface area contributed by atoms with Crippen LogP contribution < -0.4 is 16.1 Å². The number of hydrazine groups is 1. The van der Waals surface area contributed by atoms with E-state index in [4.69, 9.17) is 0 Å². The fourth-order valence-electron chi connectivity index (χ4n) is 4.08. The van der Waals surface area contributed by atoms with E-state index in [2.05, 4.69) is 41.8 Å². The Labute approximate surface area is 182 Å². The predicted octanol–water partition coefficient (Wildman–Crippen LogP) is 1.53. The smallest absolute Gasteiger partial charge is 0.281 e. The van der Waals surface area contributed by atoms with Gasteiger partial charge < -0.3 is 15.3 Å². The van der Waals surface area contributed by atoms with Gasteiger partial charge in [0.05, 0.1) is 11.9 Å². The van der Waals surface area contributed by atoms with Crippen molar-refractivity contribution < 1.29 is 14.7 Å². The highest BCUT2D eigenvalue weighted by Crippen LogP contribution is 2.33. The Balaban J connectivity index is 1.56. The molecule has 31 heavy (non-hydrogen) atoms. The van der Waals surface area contributed by atoms with Crippen molar-refractivity contribution in [2.24, 2.45) is 5.41 Å². The van der Waals surface area contributed by atoms with Gasteiger partial charge in [-0.3, -0.25) is 19.9 Å². The van der Waals surface area contributed by atoms with Crippen LogP contribution in [0, 0.1) is 5.41 Å². The van der Waals surface area contributed by atoms with E-state index in [0.717, 1.165) is 18.5 Å². The Morgan fingerprint density at radius 1 is 1.35 bits per heavy atom. The third-order valence-corrected chi connectivity index (χ3v) is 5.69. The van der Waals surface area contributed by atoms with Crippen molar-refractivity contribution in [2.75, 3.05) is 6.54 Å². The first-order valence-corrected chi connectivity index (χ1v) is 10.9. The largest absolute Gasteiger partial charge is 0.494 e. The fourth-order valence-corrected chi connectivity index (χ4v) is 4.08. The lowest BCUT2D eigenvalue weighted by molar-refractivity contribution is -0.142. The fraction of sp³-hybridized carbons (Fsp3) is 0.591. The molecular formula is C22H32N6O3. The van der Waals surface area contributed by atoms with Crippen LogP contribution in [0.3, 0.4) is 0 Å². The molecule has 168 valence electrons. The average Bonchev–Trinajstić information content (AvgIpc) is 3.41. The van der Waals surface area contributed by atoms with Gasteiger partial charge in [-0.1, -0.05) is 26.8 Å². The second kappa shape index (κ2) is 8.12. The Bertz CT molecular complexity index is 877. The molecule has 2 fully saturated rings. The van der Waals surface area contributed by atoms with Crippen molar-refractivity contribution in [1.82, 2.24) is 31.0 Å². The van der Waals surface area contributed by atoms with Crippen LogP contribution in [0.25, 0.3) is 0 Å². The summed E-state index contributed by atoms with van der Waals surface area (Å²) in [5.41, 5.74) is 3.77. The maximum Gasteiger partial charge on any atom is 0.281 e. The molecule has 0 spiro atoms. The molecule has 4 rings (SSSR count). The number of fused-ring (bicyclic) bond motifs is 1. The number of carbonyl (C=O) groups is 2. The van der Waals surface area contributed by atoms with Crippen molar-refractivity contribution in [1.29, 1.82) is 0 Å². The SMILES string of the molecule is C[C@@H](NC1CC2N(CC(C)(C)C)C(O)=C(C(=O)NC3CC3)C(=O)N2N1)c1ccccn1. The molecule has 1 aromatic rings. The number of aliphatic hydroxyl groups is 1. The number of hydrogen-bond donors (Lipinski definition) is 4. The van der Waals surface area contributed by atoms with Gasteiger partial charge in [-0.2, -0.15) is 0 Å². The van der Waals surface area contributed by atoms with Gasteiger partial charge in [0.15, 0.2) is 5.57 Å². The summed E-state index contributed by atoms with van der Waals surface area (Å²) >= 11 is 0. The Kier molecular flexibility index (Phi) is 5.65. The molecule has 3 atom stereocenters. The number of carbonyl (C=O) groups excluding carboxylic acids is 2. The minimum atomic E-state index is -0.512. The number of pyridine rings is 1. The van der Waals surface area contributed by atoms with Gasteiger partial charge in [-0.05, 0) is 37.3 Å². The Morgan fingerprint density at radius 3 is 2.71 bits per heavy atom. The highest BCUT2D eigenvalue weighted by molar-refractivity contribution is 6.19. The molecule has 2 aliphatic heterocycles. The van der Waals surface area contributed by atoms with Gasteiger partial charge >= 0.3 is 0 Å². The molecule has 1 saturated heterocycles. The summed E-state index contributed by atoms with van der Waals surface area (Å²) in [6, 6.07) is 5.81. The van der Waals surface area contributed by atoms with Gasteiger partial charge in [-0.25, -0.2) is 10.4 Å². The molecule has 3 aliphatic rings. The molecule has 1 aliphatic carbocycles. The van der Waals surface area contributed by atoms with E-state index < -0.39 is 18.0 Å². The molecule has 3 heterocycles. The van der Waals surface area contributed by atoms with E-state index in [0.29, 0.717) is 13.0 Å². The first-order chi connectivity index (χ1) is 14.6. The van der Waals surface area contributed by atoms with Crippen molar-refractivity contribution in [2.45, 2.75) is 71.4 Å². The van der Waals surface area contributed by atoms with Gasteiger partial charge in [0.1, 0.15) is 6.17 Å². The first-order valence-electron chi connectivity index (χ1n) is 10.9. The van der Waals surface area contributed by atoms with Crippen LogP contribution in [-0.4, -0.2) is 56.7 Å². The van der Waals surface area contributed by atoms with E-state index >= 15 is 0 Å². The van der Waals surface area contributed by atoms with Crippen LogP contribution in [0.15, 0.2) is 35.9 Å². The molecular weight excluding hydrogens is 396 g/mol. The van der Waals surface area contributed by atoms with Crippen LogP contribution >= 0.6 is 0 Å².